The Morgan fingerprint density at radius 3 is 2.75 bits per heavy atom. The van der Waals surface area contributed by atoms with Crippen molar-refractivity contribution in [3.63, 3.8) is 0 Å². The standard InChI is InChI=1S/C16H19N3O/c1-12(14-7-5-9-17-10-14)18-11-15-6-3-4-8-16(15)19-13(2)20/h3-10,12,18H,11H2,1-2H3,(H,19,20)/t12-/m1/s1. The maximum absolute atomic E-state index is 11.2. The summed E-state index contributed by atoms with van der Waals surface area (Å²) in [6.45, 7) is 4.30. The third-order valence-corrected chi connectivity index (χ3v) is 3.11. The summed E-state index contributed by atoms with van der Waals surface area (Å²) in [4.78, 5) is 15.3. The van der Waals surface area contributed by atoms with Gasteiger partial charge in [-0.05, 0) is 30.2 Å². The first kappa shape index (κ1) is 14.2. The molecule has 4 heteroatoms. The average molecular weight is 269 g/mol. The van der Waals surface area contributed by atoms with Gasteiger partial charge in [0.15, 0.2) is 0 Å². The molecule has 0 bridgehead atoms. The molecule has 0 aliphatic heterocycles. The number of pyridine rings is 1. The van der Waals surface area contributed by atoms with E-state index < -0.39 is 0 Å². The van der Waals surface area contributed by atoms with Crippen LogP contribution in [0.1, 0.15) is 31.0 Å². The maximum atomic E-state index is 11.2. The van der Waals surface area contributed by atoms with E-state index in [1.807, 2.05) is 42.6 Å². The van der Waals surface area contributed by atoms with E-state index in [-0.39, 0.29) is 11.9 Å². The summed E-state index contributed by atoms with van der Waals surface area (Å²) in [5.41, 5.74) is 3.06. The van der Waals surface area contributed by atoms with Crippen LogP contribution in [0, 0.1) is 0 Å². The molecule has 2 N–H and O–H groups in total. The zero-order valence-corrected chi connectivity index (χ0v) is 11.8. The van der Waals surface area contributed by atoms with E-state index in [9.17, 15) is 4.79 Å². The van der Waals surface area contributed by atoms with Gasteiger partial charge in [-0.25, -0.2) is 0 Å². The summed E-state index contributed by atoms with van der Waals surface area (Å²) in [5, 5.41) is 6.28. The second-order valence-electron chi connectivity index (χ2n) is 4.73. The van der Waals surface area contributed by atoms with E-state index >= 15 is 0 Å². The van der Waals surface area contributed by atoms with Crippen molar-refractivity contribution in [2.75, 3.05) is 5.32 Å². The molecule has 0 saturated heterocycles. The number of nitrogens with zero attached hydrogens (tertiary/aromatic N) is 1. The monoisotopic (exact) mass is 269 g/mol. The number of anilines is 1. The second kappa shape index (κ2) is 6.82. The molecule has 0 spiro atoms. The maximum Gasteiger partial charge on any atom is 0.221 e. The van der Waals surface area contributed by atoms with Gasteiger partial charge >= 0.3 is 0 Å². The highest BCUT2D eigenvalue weighted by atomic mass is 16.1. The number of nitrogens with one attached hydrogen (secondary N) is 2. The molecule has 1 amide bonds. The summed E-state index contributed by atoms with van der Waals surface area (Å²) in [7, 11) is 0. The van der Waals surface area contributed by atoms with Gasteiger partial charge < -0.3 is 10.6 Å². The van der Waals surface area contributed by atoms with Crippen molar-refractivity contribution in [1.29, 1.82) is 0 Å². The molecular weight excluding hydrogens is 250 g/mol. The molecule has 0 unspecified atom stereocenters. The van der Waals surface area contributed by atoms with E-state index in [0.717, 1.165) is 16.8 Å². The molecule has 1 heterocycles. The van der Waals surface area contributed by atoms with E-state index in [1.54, 1.807) is 6.20 Å². The van der Waals surface area contributed by atoms with Crippen molar-refractivity contribution in [3.8, 4) is 0 Å². The first-order chi connectivity index (χ1) is 9.66. The topological polar surface area (TPSA) is 54.0 Å². The van der Waals surface area contributed by atoms with Gasteiger partial charge in [0.1, 0.15) is 0 Å². The highest BCUT2D eigenvalue weighted by Gasteiger charge is 2.07. The molecule has 0 radical (unpaired) electrons. The number of hydrogen-bond acceptors (Lipinski definition) is 3. The molecule has 1 atom stereocenters. The lowest BCUT2D eigenvalue weighted by molar-refractivity contribution is -0.114. The molecule has 1 aromatic heterocycles. The minimum Gasteiger partial charge on any atom is -0.326 e. The molecule has 2 rings (SSSR count). The molecule has 20 heavy (non-hydrogen) atoms. The van der Waals surface area contributed by atoms with E-state index in [0.29, 0.717) is 6.54 Å². The van der Waals surface area contributed by atoms with Crippen molar-refractivity contribution in [3.05, 3.63) is 59.9 Å². The van der Waals surface area contributed by atoms with Gasteiger partial charge in [0, 0.05) is 37.6 Å². The number of rotatable bonds is 5. The second-order valence-corrected chi connectivity index (χ2v) is 4.73. The quantitative estimate of drug-likeness (QED) is 0.877. The van der Waals surface area contributed by atoms with Crippen molar-refractivity contribution in [1.82, 2.24) is 10.3 Å². The number of amides is 1. The normalized spacial score (nSPS) is 11.9. The molecule has 0 fully saturated rings. The fourth-order valence-corrected chi connectivity index (χ4v) is 2.00. The predicted octanol–water partition coefficient (Wildman–Crippen LogP) is 2.89. The third kappa shape index (κ3) is 3.90. The van der Waals surface area contributed by atoms with E-state index in [2.05, 4.69) is 22.5 Å². The minimum atomic E-state index is -0.0576. The Balaban J connectivity index is 2.02. The van der Waals surface area contributed by atoms with E-state index in [1.165, 1.54) is 6.92 Å². The lowest BCUT2D eigenvalue weighted by atomic mass is 10.1. The summed E-state index contributed by atoms with van der Waals surface area (Å²) < 4.78 is 0. The van der Waals surface area contributed by atoms with Crippen molar-refractivity contribution in [2.24, 2.45) is 0 Å². The fourth-order valence-electron chi connectivity index (χ4n) is 2.00. The number of para-hydroxylation sites is 1. The van der Waals surface area contributed by atoms with Crippen molar-refractivity contribution >= 4 is 11.6 Å². The van der Waals surface area contributed by atoms with Crippen LogP contribution >= 0.6 is 0 Å². The largest absolute Gasteiger partial charge is 0.326 e. The van der Waals surface area contributed by atoms with Crippen LogP contribution < -0.4 is 10.6 Å². The zero-order valence-electron chi connectivity index (χ0n) is 11.8. The third-order valence-electron chi connectivity index (χ3n) is 3.11. The van der Waals surface area contributed by atoms with Gasteiger partial charge in [-0.15, -0.1) is 0 Å². The van der Waals surface area contributed by atoms with Gasteiger partial charge in [0.25, 0.3) is 0 Å². The lowest BCUT2D eigenvalue weighted by Gasteiger charge is -2.16. The summed E-state index contributed by atoms with van der Waals surface area (Å²) in [6.07, 6.45) is 3.62. The number of carbonyl (C=O) groups excluding carboxylic acids is 1. The van der Waals surface area contributed by atoms with Crippen LogP contribution in [-0.2, 0) is 11.3 Å². The zero-order chi connectivity index (χ0) is 14.4. The lowest BCUT2D eigenvalue weighted by Crippen LogP contribution is -2.19. The summed E-state index contributed by atoms with van der Waals surface area (Å²) >= 11 is 0. The van der Waals surface area contributed by atoms with Crippen molar-refractivity contribution in [2.45, 2.75) is 26.4 Å². The molecule has 2 aromatic rings. The average Bonchev–Trinajstić information content (AvgIpc) is 2.46. The summed E-state index contributed by atoms with van der Waals surface area (Å²) in [5.74, 6) is -0.0576. The van der Waals surface area contributed by atoms with Gasteiger partial charge in [-0.3, -0.25) is 9.78 Å². The predicted molar refractivity (Wildman–Crippen MR) is 80.2 cm³/mol. The number of hydrogen-bond donors (Lipinski definition) is 2. The van der Waals surface area contributed by atoms with Crippen molar-refractivity contribution < 1.29 is 4.79 Å². The Morgan fingerprint density at radius 2 is 2.05 bits per heavy atom. The van der Waals surface area contributed by atoms with Gasteiger partial charge in [0.2, 0.25) is 5.91 Å². The number of carbonyl (C=O) groups is 1. The molecule has 4 nitrogen and oxygen atoms in total. The number of aromatic nitrogens is 1. The Bertz CT molecular complexity index is 569. The van der Waals surface area contributed by atoms with Crippen LogP contribution in [0.3, 0.4) is 0 Å². The van der Waals surface area contributed by atoms with Crippen LogP contribution in [0.15, 0.2) is 48.8 Å². The van der Waals surface area contributed by atoms with Crippen LogP contribution in [0.2, 0.25) is 0 Å². The van der Waals surface area contributed by atoms with E-state index in [4.69, 9.17) is 0 Å². The van der Waals surface area contributed by atoms with Gasteiger partial charge in [0.05, 0.1) is 0 Å². The molecule has 0 saturated carbocycles. The van der Waals surface area contributed by atoms with Crippen LogP contribution in [0.25, 0.3) is 0 Å². The van der Waals surface area contributed by atoms with Crippen LogP contribution in [-0.4, -0.2) is 10.9 Å². The first-order valence-electron chi connectivity index (χ1n) is 6.65. The molecular formula is C16H19N3O. The smallest absolute Gasteiger partial charge is 0.221 e. The molecule has 0 aliphatic carbocycles. The number of benzene rings is 1. The highest BCUT2D eigenvalue weighted by molar-refractivity contribution is 5.89. The minimum absolute atomic E-state index is 0.0576. The van der Waals surface area contributed by atoms with Gasteiger partial charge in [-0.2, -0.15) is 0 Å². The first-order valence-corrected chi connectivity index (χ1v) is 6.65. The Morgan fingerprint density at radius 1 is 1.25 bits per heavy atom. The Labute approximate surface area is 119 Å². The molecule has 104 valence electrons. The van der Waals surface area contributed by atoms with Crippen LogP contribution in [0.4, 0.5) is 5.69 Å². The molecule has 0 aliphatic rings. The SMILES string of the molecule is CC(=O)Nc1ccccc1CN[C@H](C)c1cccnc1. The van der Waals surface area contributed by atoms with Crippen LogP contribution in [0.5, 0.6) is 0 Å². The molecule has 1 aromatic carbocycles. The highest BCUT2D eigenvalue weighted by Crippen LogP contribution is 2.17. The Kier molecular flexibility index (Phi) is 4.85. The van der Waals surface area contributed by atoms with Gasteiger partial charge in [-0.1, -0.05) is 24.3 Å². The fraction of sp³-hybridized carbons (Fsp3) is 0.250. The Hall–Kier alpha value is -2.20. The summed E-state index contributed by atoms with van der Waals surface area (Å²) in [6, 6.07) is 12.0.